The van der Waals surface area contributed by atoms with E-state index in [9.17, 15) is 14.9 Å². The van der Waals surface area contributed by atoms with Crippen LogP contribution in [0.15, 0.2) is 49.3 Å². The Morgan fingerprint density at radius 1 is 1.29 bits per heavy atom. The number of aromatic nitrogens is 1. The molecule has 0 bridgehead atoms. The van der Waals surface area contributed by atoms with Crippen molar-refractivity contribution in [2.45, 2.75) is 9.79 Å². The van der Waals surface area contributed by atoms with E-state index in [1.54, 1.807) is 12.1 Å². The molecule has 0 amide bonds. The first-order valence-corrected chi connectivity index (χ1v) is 7.79. The molecule has 1 heterocycles. The number of aromatic carboxylic acids is 1. The third-order valence-corrected chi connectivity index (χ3v) is 5.10. The molecule has 2 rings (SSSR count). The Kier molecular flexibility index (Phi) is 4.96. The number of benzene rings is 1. The first-order valence-electron chi connectivity index (χ1n) is 5.38. The van der Waals surface area contributed by atoms with Crippen LogP contribution in [-0.2, 0) is 0 Å². The predicted molar refractivity (Wildman–Crippen MR) is 83.8 cm³/mol. The highest BCUT2D eigenvalue weighted by Crippen LogP contribution is 2.40. The van der Waals surface area contributed by atoms with E-state index < -0.39 is 10.9 Å². The van der Waals surface area contributed by atoms with Gasteiger partial charge >= 0.3 is 11.7 Å². The van der Waals surface area contributed by atoms with Crippen molar-refractivity contribution in [3.05, 3.63) is 55.2 Å². The molecule has 0 spiro atoms. The minimum atomic E-state index is -1.08. The van der Waals surface area contributed by atoms with Gasteiger partial charge in [-0.05, 0) is 50.1 Å². The van der Waals surface area contributed by atoms with Crippen LogP contribution in [0.1, 0.15) is 10.4 Å². The Morgan fingerprint density at radius 2 is 2.00 bits per heavy atom. The SMILES string of the molecule is O=C(O)c1cc(Sc2c(Br)cncc2[N+](=O)[O-])ccc1Br. The molecular weight excluding hydrogens is 428 g/mol. The van der Waals surface area contributed by atoms with Gasteiger partial charge in [0.15, 0.2) is 0 Å². The number of hydrogen-bond donors (Lipinski definition) is 1. The lowest BCUT2D eigenvalue weighted by Crippen LogP contribution is -1.98. The Hall–Kier alpha value is -1.45. The van der Waals surface area contributed by atoms with Crippen LogP contribution in [0.25, 0.3) is 0 Å². The average molecular weight is 434 g/mol. The number of nitrogens with zero attached hydrogens (tertiary/aromatic N) is 2. The molecule has 21 heavy (non-hydrogen) atoms. The van der Waals surface area contributed by atoms with E-state index in [-0.39, 0.29) is 11.3 Å². The molecule has 0 aliphatic rings. The van der Waals surface area contributed by atoms with Gasteiger partial charge in [-0.2, -0.15) is 0 Å². The lowest BCUT2D eigenvalue weighted by molar-refractivity contribution is -0.388. The van der Waals surface area contributed by atoms with Crippen LogP contribution in [0.4, 0.5) is 5.69 Å². The first kappa shape index (κ1) is 15.9. The number of rotatable bonds is 4. The normalized spacial score (nSPS) is 10.4. The number of nitro groups is 1. The Balaban J connectivity index is 2.46. The second-order valence-corrected chi connectivity index (χ2v) is 6.57. The maximum Gasteiger partial charge on any atom is 0.336 e. The Labute approximate surface area is 140 Å². The molecule has 0 radical (unpaired) electrons. The van der Waals surface area contributed by atoms with Crippen molar-refractivity contribution in [1.82, 2.24) is 4.98 Å². The summed E-state index contributed by atoms with van der Waals surface area (Å²) in [5.41, 5.74) is -0.0537. The Bertz CT molecular complexity index is 739. The van der Waals surface area contributed by atoms with E-state index in [2.05, 4.69) is 36.8 Å². The van der Waals surface area contributed by atoms with Crippen molar-refractivity contribution in [3.63, 3.8) is 0 Å². The van der Waals surface area contributed by atoms with Crippen LogP contribution in [0, 0.1) is 10.1 Å². The third kappa shape index (κ3) is 3.60. The van der Waals surface area contributed by atoms with Gasteiger partial charge in [0, 0.05) is 15.6 Å². The van der Waals surface area contributed by atoms with Gasteiger partial charge in [-0.3, -0.25) is 15.1 Å². The molecule has 2 aromatic rings. The summed E-state index contributed by atoms with van der Waals surface area (Å²) in [6.07, 6.45) is 2.61. The predicted octanol–water partition coefficient (Wildman–Crippen LogP) is 4.36. The lowest BCUT2D eigenvalue weighted by atomic mass is 10.2. The van der Waals surface area contributed by atoms with Crippen LogP contribution in [0.5, 0.6) is 0 Å². The average Bonchev–Trinajstić information content (AvgIpc) is 2.42. The van der Waals surface area contributed by atoms with Gasteiger partial charge in [-0.25, -0.2) is 4.79 Å². The monoisotopic (exact) mass is 432 g/mol. The fourth-order valence-corrected chi connectivity index (χ4v) is 3.40. The molecule has 9 heteroatoms. The van der Waals surface area contributed by atoms with E-state index in [4.69, 9.17) is 5.11 Å². The van der Waals surface area contributed by atoms with Gasteiger partial charge in [0.2, 0.25) is 0 Å². The second kappa shape index (κ2) is 6.54. The highest BCUT2D eigenvalue weighted by Gasteiger charge is 2.19. The summed E-state index contributed by atoms with van der Waals surface area (Å²) in [6.45, 7) is 0. The molecule has 1 aromatic heterocycles. The number of carboxylic acids is 1. The van der Waals surface area contributed by atoms with E-state index >= 15 is 0 Å². The number of halogens is 2. The highest BCUT2D eigenvalue weighted by molar-refractivity contribution is 9.10. The summed E-state index contributed by atoms with van der Waals surface area (Å²) in [6, 6.07) is 4.72. The molecule has 0 saturated heterocycles. The quantitative estimate of drug-likeness (QED) is 0.568. The summed E-state index contributed by atoms with van der Waals surface area (Å²) >= 11 is 7.47. The van der Waals surface area contributed by atoms with Gasteiger partial charge < -0.3 is 5.11 Å². The lowest BCUT2D eigenvalue weighted by Gasteiger charge is -2.06. The smallest absolute Gasteiger partial charge is 0.336 e. The van der Waals surface area contributed by atoms with Crippen LogP contribution in [0.3, 0.4) is 0 Å². The zero-order chi connectivity index (χ0) is 15.6. The highest BCUT2D eigenvalue weighted by atomic mass is 79.9. The van der Waals surface area contributed by atoms with Crippen LogP contribution in [0.2, 0.25) is 0 Å². The van der Waals surface area contributed by atoms with Crippen LogP contribution in [-0.4, -0.2) is 21.0 Å². The van der Waals surface area contributed by atoms with Crippen molar-refractivity contribution in [1.29, 1.82) is 0 Å². The van der Waals surface area contributed by atoms with E-state index in [1.807, 2.05) is 0 Å². The van der Waals surface area contributed by atoms with E-state index in [0.717, 1.165) is 18.0 Å². The standard InChI is InChI=1S/C12H6Br2N2O4S/c13-8-2-1-6(3-7(8)12(17)18)21-11-9(14)4-15-5-10(11)16(19)20/h1-5H,(H,17,18). The summed E-state index contributed by atoms with van der Waals surface area (Å²) < 4.78 is 0.920. The molecule has 0 fully saturated rings. The third-order valence-electron chi connectivity index (χ3n) is 2.42. The van der Waals surface area contributed by atoms with Crippen molar-refractivity contribution in [2.24, 2.45) is 0 Å². The zero-order valence-electron chi connectivity index (χ0n) is 10.1. The van der Waals surface area contributed by atoms with Gasteiger partial charge in [0.05, 0.1) is 15.0 Å². The maximum absolute atomic E-state index is 11.1. The number of pyridine rings is 1. The molecule has 0 atom stereocenters. The minimum Gasteiger partial charge on any atom is -0.478 e. The van der Waals surface area contributed by atoms with Gasteiger partial charge in [0.25, 0.3) is 0 Å². The molecule has 1 N–H and O–H groups in total. The maximum atomic E-state index is 11.1. The number of carboxylic acid groups (broad SMARTS) is 1. The minimum absolute atomic E-state index is 0.0906. The largest absolute Gasteiger partial charge is 0.478 e. The molecule has 108 valence electrons. The van der Waals surface area contributed by atoms with E-state index in [1.165, 1.54) is 12.3 Å². The zero-order valence-corrected chi connectivity index (χ0v) is 14.1. The fraction of sp³-hybridized carbons (Fsp3) is 0. The Morgan fingerprint density at radius 3 is 2.62 bits per heavy atom. The topological polar surface area (TPSA) is 93.3 Å². The van der Waals surface area contributed by atoms with Gasteiger partial charge in [0.1, 0.15) is 11.1 Å². The van der Waals surface area contributed by atoms with Gasteiger partial charge in [-0.15, -0.1) is 0 Å². The first-order chi connectivity index (χ1) is 9.90. The van der Waals surface area contributed by atoms with Crippen molar-refractivity contribution in [3.8, 4) is 0 Å². The summed E-state index contributed by atoms with van der Waals surface area (Å²) in [7, 11) is 0. The second-order valence-electron chi connectivity index (χ2n) is 3.78. The molecule has 0 aliphatic heterocycles. The molecule has 1 aromatic carbocycles. The fourth-order valence-electron chi connectivity index (χ4n) is 1.49. The molecule has 0 saturated carbocycles. The number of hydrogen-bond acceptors (Lipinski definition) is 5. The summed E-state index contributed by atoms with van der Waals surface area (Å²) in [4.78, 5) is 26.3. The molecule has 0 aliphatic carbocycles. The van der Waals surface area contributed by atoms with Crippen LogP contribution < -0.4 is 0 Å². The van der Waals surface area contributed by atoms with Crippen molar-refractivity contribution in [2.75, 3.05) is 0 Å². The molecular formula is C12H6Br2N2O4S. The van der Waals surface area contributed by atoms with Crippen molar-refractivity contribution < 1.29 is 14.8 Å². The summed E-state index contributed by atoms with van der Waals surface area (Å²) in [5, 5.41) is 20.1. The van der Waals surface area contributed by atoms with Crippen LogP contribution >= 0.6 is 43.6 Å². The molecule has 0 unspecified atom stereocenters. The van der Waals surface area contributed by atoms with Gasteiger partial charge in [-0.1, -0.05) is 11.8 Å². The molecule has 6 nitrogen and oxygen atoms in total. The van der Waals surface area contributed by atoms with E-state index in [0.29, 0.717) is 18.7 Å². The number of carbonyl (C=O) groups is 1. The summed E-state index contributed by atoms with van der Waals surface area (Å²) in [5.74, 6) is -1.08. The van der Waals surface area contributed by atoms with Crippen molar-refractivity contribution >= 4 is 55.3 Å².